The monoisotopic (exact) mass is 404 g/mol. The molecule has 1 heterocycles. The van der Waals surface area contributed by atoms with Gasteiger partial charge in [0.15, 0.2) is 0 Å². The van der Waals surface area contributed by atoms with Crippen molar-refractivity contribution in [1.82, 2.24) is 15.5 Å². The third-order valence-corrected chi connectivity index (χ3v) is 4.59. The highest BCUT2D eigenvalue weighted by atomic mass is 16.4. The fourth-order valence-electron chi connectivity index (χ4n) is 3.17. The molecule has 1 aliphatic rings. The van der Waals surface area contributed by atoms with Crippen LogP contribution in [0.5, 0.6) is 0 Å². The van der Waals surface area contributed by atoms with E-state index < -0.39 is 48.2 Å². The second-order valence-electron chi connectivity index (χ2n) is 6.86. The Morgan fingerprint density at radius 2 is 2.03 bits per heavy atom. The van der Waals surface area contributed by atoms with Crippen LogP contribution in [0.25, 0.3) is 0 Å². The largest absolute Gasteiger partial charge is 0.481 e. The van der Waals surface area contributed by atoms with E-state index in [9.17, 15) is 24.0 Å². The van der Waals surface area contributed by atoms with E-state index in [1.807, 2.05) is 0 Å². The molecule has 0 radical (unpaired) electrons. The Bertz CT molecular complexity index is 812. The maximum atomic E-state index is 12.8. The number of anilines is 1. The standard InChI is InChI=1S/C19H24N4O6/c1-11(21-17(27)12-4-2-5-13(20)8-12)19(29)23-7-3-6-15(23)18(28)22-14(10-24)9-16(25)26/h2,4-5,8,10-11,14-15H,3,6-7,9,20H2,1H3,(H,21,27)(H,22,28)(H,25,26)/t11?,14?,15-/m0/s1. The number of carboxylic acid groups (broad SMARTS) is 1. The van der Waals surface area contributed by atoms with Crippen LogP contribution in [0.4, 0.5) is 5.69 Å². The summed E-state index contributed by atoms with van der Waals surface area (Å²) < 4.78 is 0. The first-order chi connectivity index (χ1) is 13.7. The van der Waals surface area contributed by atoms with Gasteiger partial charge in [-0.25, -0.2) is 0 Å². The van der Waals surface area contributed by atoms with Crippen LogP contribution < -0.4 is 16.4 Å². The van der Waals surface area contributed by atoms with Crippen molar-refractivity contribution in [3.8, 4) is 0 Å². The Morgan fingerprint density at radius 1 is 1.31 bits per heavy atom. The number of amides is 3. The second kappa shape index (κ2) is 9.67. The average Bonchev–Trinajstić information content (AvgIpc) is 3.16. The predicted octanol–water partition coefficient (Wildman–Crippen LogP) is -0.463. The molecule has 0 aliphatic carbocycles. The van der Waals surface area contributed by atoms with Crippen molar-refractivity contribution in [2.24, 2.45) is 0 Å². The molecule has 3 amide bonds. The molecule has 1 saturated heterocycles. The molecule has 29 heavy (non-hydrogen) atoms. The zero-order valence-corrected chi connectivity index (χ0v) is 16.0. The van der Waals surface area contributed by atoms with Crippen molar-refractivity contribution in [2.45, 2.75) is 44.3 Å². The van der Waals surface area contributed by atoms with Crippen molar-refractivity contribution in [3.05, 3.63) is 29.8 Å². The summed E-state index contributed by atoms with van der Waals surface area (Å²) in [6, 6.07) is 3.42. The summed E-state index contributed by atoms with van der Waals surface area (Å²) in [7, 11) is 0. The van der Waals surface area contributed by atoms with Crippen molar-refractivity contribution in [3.63, 3.8) is 0 Å². The van der Waals surface area contributed by atoms with Gasteiger partial charge in [-0.3, -0.25) is 19.2 Å². The van der Waals surface area contributed by atoms with Gasteiger partial charge >= 0.3 is 5.97 Å². The summed E-state index contributed by atoms with van der Waals surface area (Å²) in [5, 5.41) is 13.7. The van der Waals surface area contributed by atoms with Crippen LogP contribution in [0.15, 0.2) is 24.3 Å². The number of nitrogens with one attached hydrogen (secondary N) is 2. The zero-order chi connectivity index (χ0) is 21.6. The van der Waals surface area contributed by atoms with Crippen LogP contribution in [0, 0.1) is 0 Å². The Morgan fingerprint density at radius 3 is 2.66 bits per heavy atom. The third-order valence-electron chi connectivity index (χ3n) is 4.59. The number of carbonyl (C=O) groups excluding carboxylic acids is 4. The lowest BCUT2D eigenvalue weighted by Crippen LogP contribution is -2.54. The van der Waals surface area contributed by atoms with Crippen molar-refractivity contribution in [2.75, 3.05) is 12.3 Å². The summed E-state index contributed by atoms with van der Waals surface area (Å²) in [6.45, 7) is 1.83. The molecule has 0 bridgehead atoms. The number of nitrogens with zero attached hydrogens (tertiary/aromatic N) is 1. The summed E-state index contributed by atoms with van der Waals surface area (Å²) in [5.74, 6) is -2.73. The average molecular weight is 404 g/mol. The van der Waals surface area contributed by atoms with Crippen LogP contribution in [0.3, 0.4) is 0 Å². The molecule has 10 nitrogen and oxygen atoms in total. The molecule has 1 fully saturated rings. The number of carbonyl (C=O) groups is 5. The molecule has 1 aliphatic heterocycles. The van der Waals surface area contributed by atoms with Gasteiger partial charge in [0.05, 0.1) is 12.5 Å². The minimum atomic E-state index is -1.22. The van der Waals surface area contributed by atoms with Gasteiger partial charge in [-0.2, -0.15) is 0 Å². The van der Waals surface area contributed by atoms with Gasteiger partial charge in [0, 0.05) is 17.8 Å². The van der Waals surface area contributed by atoms with E-state index in [1.54, 1.807) is 18.2 Å². The van der Waals surface area contributed by atoms with E-state index >= 15 is 0 Å². The first-order valence-electron chi connectivity index (χ1n) is 9.17. The topological polar surface area (TPSA) is 159 Å². The lowest BCUT2D eigenvalue weighted by atomic mass is 10.1. The minimum Gasteiger partial charge on any atom is -0.481 e. The maximum Gasteiger partial charge on any atom is 0.305 e. The number of likely N-dealkylation sites (tertiary alicyclic amines) is 1. The van der Waals surface area contributed by atoms with E-state index in [4.69, 9.17) is 10.8 Å². The van der Waals surface area contributed by atoms with Gasteiger partial charge in [0.25, 0.3) is 5.91 Å². The fourth-order valence-corrected chi connectivity index (χ4v) is 3.17. The molecule has 0 spiro atoms. The number of hydrogen-bond acceptors (Lipinski definition) is 6. The van der Waals surface area contributed by atoms with Crippen molar-refractivity contribution >= 4 is 35.7 Å². The molecule has 1 aromatic carbocycles. The fraction of sp³-hybridized carbons (Fsp3) is 0.421. The smallest absolute Gasteiger partial charge is 0.305 e. The minimum absolute atomic E-state index is 0.308. The number of nitrogen functional groups attached to an aromatic ring is 1. The molecule has 5 N–H and O–H groups in total. The van der Waals surface area contributed by atoms with Gasteiger partial charge < -0.3 is 31.2 Å². The van der Waals surface area contributed by atoms with Crippen LogP contribution in [-0.2, 0) is 19.2 Å². The van der Waals surface area contributed by atoms with Crippen LogP contribution >= 0.6 is 0 Å². The Hall–Kier alpha value is -3.43. The molecular formula is C19H24N4O6. The Balaban J connectivity index is 2.00. The van der Waals surface area contributed by atoms with Crippen LogP contribution in [-0.4, -0.2) is 64.7 Å². The molecule has 1 aromatic rings. The van der Waals surface area contributed by atoms with E-state index in [1.165, 1.54) is 17.9 Å². The molecule has 10 heteroatoms. The number of rotatable bonds is 8. The van der Waals surface area contributed by atoms with Gasteiger partial charge in [-0.1, -0.05) is 6.07 Å². The summed E-state index contributed by atoms with van der Waals surface area (Å²) in [6.07, 6.45) is 0.765. The first kappa shape index (κ1) is 21.9. The van der Waals surface area contributed by atoms with Gasteiger partial charge in [0.1, 0.15) is 18.4 Å². The lowest BCUT2D eigenvalue weighted by molar-refractivity contribution is -0.141. The van der Waals surface area contributed by atoms with E-state index in [0.29, 0.717) is 36.9 Å². The Kier molecular flexibility index (Phi) is 7.29. The Labute approximate surface area is 167 Å². The van der Waals surface area contributed by atoms with E-state index in [-0.39, 0.29) is 0 Å². The third kappa shape index (κ3) is 5.77. The number of aldehydes is 1. The zero-order valence-electron chi connectivity index (χ0n) is 16.0. The summed E-state index contributed by atoms with van der Waals surface area (Å²) >= 11 is 0. The SMILES string of the molecule is CC(NC(=O)c1cccc(N)c1)C(=O)N1CCC[C@H]1C(=O)NC(C=O)CC(=O)O. The highest BCUT2D eigenvalue weighted by Gasteiger charge is 2.37. The molecular weight excluding hydrogens is 380 g/mol. The molecule has 156 valence electrons. The molecule has 2 unspecified atom stereocenters. The molecule has 3 atom stereocenters. The van der Waals surface area contributed by atoms with Gasteiger partial charge in [-0.05, 0) is 38.0 Å². The van der Waals surface area contributed by atoms with Gasteiger partial charge in [-0.15, -0.1) is 0 Å². The molecule has 0 saturated carbocycles. The maximum absolute atomic E-state index is 12.8. The second-order valence-corrected chi connectivity index (χ2v) is 6.86. The lowest BCUT2D eigenvalue weighted by Gasteiger charge is -2.27. The summed E-state index contributed by atoms with van der Waals surface area (Å²) in [5.41, 5.74) is 6.38. The van der Waals surface area contributed by atoms with Crippen molar-refractivity contribution < 1.29 is 29.1 Å². The number of benzene rings is 1. The quantitative estimate of drug-likeness (QED) is 0.337. The van der Waals surface area contributed by atoms with E-state index in [0.717, 1.165) is 0 Å². The summed E-state index contributed by atoms with van der Waals surface area (Å²) in [4.78, 5) is 60.6. The molecule has 0 aromatic heterocycles. The normalized spacial score (nSPS) is 17.8. The number of aliphatic carboxylic acids is 1. The number of carboxylic acids is 1. The molecule has 2 rings (SSSR count). The number of hydrogen-bond donors (Lipinski definition) is 4. The van der Waals surface area contributed by atoms with Crippen LogP contribution in [0.2, 0.25) is 0 Å². The van der Waals surface area contributed by atoms with Crippen molar-refractivity contribution in [1.29, 1.82) is 0 Å². The van der Waals surface area contributed by atoms with Gasteiger partial charge in [0.2, 0.25) is 11.8 Å². The highest BCUT2D eigenvalue weighted by molar-refractivity contribution is 5.99. The van der Waals surface area contributed by atoms with Crippen LogP contribution in [0.1, 0.15) is 36.5 Å². The number of nitrogens with two attached hydrogens (primary N) is 1. The first-order valence-corrected chi connectivity index (χ1v) is 9.17. The highest BCUT2D eigenvalue weighted by Crippen LogP contribution is 2.19. The predicted molar refractivity (Wildman–Crippen MR) is 103 cm³/mol. The van der Waals surface area contributed by atoms with E-state index in [2.05, 4.69) is 10.6 Å².